The third-order valence-electron chi connectivity index (χ3n) is 4.43. The molecule has 1 saturated carbocycles. The number of carbonyl (C=O) groups is 1. The lowest BCUT2D eigenvalue weighted by atomic mass is 10.1. The quantitative estimate of drug-likeness (QED) is 0.683. The summed E-state index contributed by atoms with van der Waals surface area (Å²) in [6.07, 6.45) is 6.68. The van der Waals surface area contributed by atoms with Crippen molar-refractivity contribution in [3.8, 4) is 11.6 Å². The molecule has 0 bridgehead atoms. The third-order valence-corrected chi connectivity index (χ3v) is 4.43. The van der Waals surface area contributed by atoms with Crippen molar-refractivity contribution >= 4 is 5.91 Å². The van der Waals surface area contributed by atoms with Crippen LogP contribution in [0.5, 0.6) is 5.75 Å². The maximum atomic E-state index is 13.2. The fourth-order valence-corrected chi connectivity index (χ4v) is 2.94. The van der Waals surface area contributed by atoms with Gasteiger partial charge in [0.2, 0.25) is 0 Å². The fourth-order valence-electron chi connectivity index (χ4n) is 2.94. The first-order chi connectivity index (χ1) is 12.8. The second kappa shape index (κ2) is 6.95. The summed E-state index contributed by atoms with van der Waals surface area (Å²) in [5, 5.41) is 4.07. The molecule has 2 aromatic heterocycles. The molecule has 0 aliphatic heterocycles. The molecule has 1 fully saturated rings. The number of hydrogen-bond acceptors (Lipinski definition) is 5. The zero-order chi connectivity index (χ0) is 17.9. The van der Waals surface area contributed by atoms with E-state index >= 15 is 0 Å². The van der Waals surface area contributed by atoms with E-state index in [9.17, 15) is 4.79 Å². The number of benzene rings is 1. The predicted octanol–water partition coefficient (Wildman–Crippen LogP) is 2.48. The normalized spacial score (nSPS) is 13.4. The second-order valence-corrected chi connectivity index (χ2v) is 6.22. The zero-order valence-electron chi connectivity index (χ0n) is 14.4. The first kappa shape index (κ1) is 16.3. The van der Waals surface area contributed by atoms with Crippen LogP contribution in [0.3, 0.4) is 0 Å². The van der Waals surface area contributed by atoms with Crippen LogP contribution in [0.2, 0.25) is 0 Å². The highest BCUT2D eigenvalue weighted by molar-refractivity contribution is 5.95. The van der Waals surface area contributed by atoms with Crippen LogP contribution in [-0.2, 0) is 6.54 Å². The average molecular weight is 349 g/mol. The van der Waals surface area contributed by atoms with E-state index in [4.69, 9.17) is 4.74 Å². The van der Waals surface area contributed by atoms with Crippen molar-refractivity contribution in [3.63, 3.8) is 0 Å². The van der Waals surface area contributed by atoms with Crippen LogP contribution in [0.1, 0.15) is 28.8 Å². The number of ether oxygens (including phenoxy) is 1. The lowest BCUT2D eigenvalue weighted by molar-refractivity contribution is 0.0728. The van der Waals surface area contributed by atoms with Crippen LogP contribution in [0.15, 0.2) is 55.2 Å². The summed E-state index contributed by atoms with van der Waals surface area (Å²) >= 11 is 0. The summed E-state index contributed by atoms with van der Waals surface area (Å²) in [6, 6.07) is 11.6. The largest absolute Gasteiger partial charge is 0.496 e. The van der Waals surface area contributed by atoms with E-state index in [1.807, 2.05) is 29.2 Å². The van der Waals surface area contributed by atoms with Crippen molar-refractivity contribution in [1.29, 1.82) is 0 Å². The standard InChI is InChI=1S/C19H19N5O2/c1-26-17-5-3-2-4-15(17)11-23(16-6-7-16)19(25)14-8-9-21-18(10-14)24-13-20-12-22-24/h2-5,8-10,12-13,16H,6-7,11H2,1H3. The van der Waals surface area contributed by atoms with Crippen LogP contribution in [0.25, 0.3) is 5.82 Å². The summed E-state index contributed by atoms with van der Waals surface area (Å²) < 4.78 is 6.97. The number of nitrogens with zero attached hydrogens (tertiary/aromatic N) is 5. The van der Waals surface area contributed by atoms with Crippen molar-refractivity contribution in [3.05, 3.63) is 66.4 Å². The number of hydrogen-bond donors (Lipinski definition) is 0. The summed E-state index contributed by atoms with van der Waals surface area (Å²) in [5.74, 6) is 1.35. The van der Waals surface area contributed by atoms with Crippen LogP contribution in [0, 0.1) is 0 Å². The van der Waals surface area contributed by atoms with E-state index in [1.165, 1.54) is 6.33 Å². The predicted molar refractivity (Wildman–Crippen MR) is 95.0 cm³/mol. The van der Waals surface area contributed by atoms with Gasteiger partial charge in [-0.3, -0.25) is 4.79 Å². The molecular weight excluding hydrogens is 330 g/mol. The van der Waals surface area contributed by atoms with Crippen molar-refractivity contribution in [2.75, 3.05) is 7.11 Å². The van der Waals surface area contributed by atoms with Crippen LogP contribution in [0.4, 0.5) is 0 Å². The molecule has 0 atom stereocenters. The minimum Gasteiger partial charge on any atom is -0.496 e. The fraction of sp³-hybridized carbons (Fsp3) is 0.263. The molecule has 132 valence electrons. The van der Waals surface area contributed by atoms with Gasteiger partial charge in [-0.2, -0.15) is 5.10 Å². The second-order valence-electron chi connectivity index (χ2n) is 6.22. The zero-order valence-corrected chi connectivity index (χ0v) is 14.4. The maximum Gasteiger partial charge on any atom is 0.254 e. The Kier molecular flexibility index (Phi) is 4.35. The number of methoxy groups -OCH3 is 1. The molecule has 0 radical (unpaired) electrons. The van der Waals surface area contributed by atoms with Gasteiger partial charge in [-0.25, -0.2) is 14.6 Å². The molecule has 0 unspecified atom stereocenters. The lowest BCUT2D eigenvalue weighted by Crippen LogP contribution is -2.32. The molecule has 1 aliphatic carbocycles. The van der Waals surface area contributed by atoms with E-state index in [0.717, 1.165) is 24.2 Å². The molecule has 3 aromatic rings. The smallest absolute Gasteiger partial charge is 0.254 e. The number of amides is 1. The Morgan fingerprint density at radius 1 is 1.31 bits per heavy atom. The molecule has 26 heavy (non-hydrogen) atoms. The van der Waals surface area contributed by atoms with Gasteiger partial charge in [-0.1, -0.05) is 18.2 Å². The third kappa shape index (κ3) is 3.28. The molecule has 4 rings (SSSR count). The molecule has 1 aromatic carbocycles. The highest BCUT2D eigenvalue weighted by atomic mass is 16.5. The topological polar surface area (TPSA) is 73.1 Å². The van der Waals surface area contributed by atoms with Crippen molar-refractivity contribution in [1.82, 2.24) is 24.6 Å². The van der Waals surface area contributed by atoms with Crippen molar-refractivity contribution in [2.45, 2.75) is 25.4 Å². The van der Waals surface area contributed by atoms with Crippen molar-refractivity contribution in [2.24, 2.45) is 0 Å². The highest BCUT2D eigenvalue weighted by Crippen LogP contribution is 2.31. The van der Waals surface area contributed by atoms with Gasteiger partial charge in [-0.05, 0) is 31.0 Å². The van der Waals surface area contributed by atoms with E-state index in [-0.39, 0.29) is 11.9 Å². The number of aromatic nitrogens is 4. The minimum atomic E-state index is -0.0119. The van der Waals surface area contributed by atoms with Gasteiger partial charge in [0.25, 0.3) is 5.91 Å². The Morgan fingerprint density at radius 2 is 2.15 bits per heavy atom. The lowest BCUT2D eigenvalue weighted by Gasteiger charge is -2.23. The molecular formula is C19H19N5O2. The number of rotatable bonds is 6. The van der Waals surface area contributed by atoms with Gasteiger partial charge in [0.15, 0.2) is 5.82 Å². The molecule has 1 amide bonds. The first-order valence-corrected chi connectivity index (χ1v) is 8.50. The maximum absolute atomic E-state index is 13.2. The summed E-state index contributed by atoms with van der Waals surface area (Å²) in [7, 11) is 1.65. The molecule has 7 heteroatoms. The number of carbonyl (C=O) groups excluding carboxylic acids is 1. The SMILES string of the molecule is COc1ccccc1CN(C(=O)c1ccnc(-n2cncn2)c1)C1CC1. The van der Waals surface area contributed by atoms with Crippen LogP contribution < -0.4 is 4.74 Å². The van der Waals surface area contributed by atoms with Gasteiger partial charge in [0.1, 0.15) is 18.4 Å². The molecule has 1 aliphatic rings. The number of para-hydroxylation sites is 1. The minimum absolute atomic E-state index is 0.0119. The van der Waals surface area contributed by atoms with Gasteiger partial charge in [0, 0.05) is 29.9 Å². The average Bonchev–Trinajstić information content (AvgIpc) is 3.38. The van der Waals surface area contributed by atoms with Gasteiger partial charge < -0.3 is 9.64 Å². The molecule has 7 nitrogen and oxygen atoms in total. The Labute approximate surface area is 151 Å². The van der Waals surface area contributed by atoms with Crippen molar-refractivity contribution < 1.29 is 9.53 Å². The van der Waals surface area contributed by atoms with E-state index in [0.29, 0.717) is 17.9 Å². The van der Waals surface area contributed by atoms with Crippen LogP contribution >= 0.6 is 0 Å². The Bertz CT molecular complexity index is 906. The molecule has 0 spiro atoms. The summed E-state index contributed by atoms with van der Waals surface area (Å²) in [5.41, 5.74) is 1.59. The Morgan fingerprint density at radius 3 is 2.88 bits per heavy atom. The van der Waals surface area contributed by atoms with Gasteiger partial charge in [-0.15, -0.1) is 0 Å². The van der Waals surface area contributed by atoms with Gasteiger partial charge in [0.05, 0.1) is 7.11 Å². The molecule has 0 saturated heterocycles. The molecule has 0 N–H and O–H groups in total. The number of pyridine rings is 1. The highest BCUT2D eigenvalue weighted by Gasteiger charge is 2.33. The Hall–Kier alpha value is -3.22. The molecule has 2 heterocycles. The Balaban J connectivity index is 1.61. The van der Waals surface area contributed by atoms with E-state index in [1.54, 1.807) is 36.4 Å². The first-order valence-electron chi connectivity index (χ1n) is 8.50. The van der Waals surface area contributed by atoms with Crippen LogP contribution in [-0.4, -0.2) is 43.7 Å². The van der Waals surface area contributed by atoms with E-state index < -0.39 is 0 Å². The van der Waals surface area contributed by atoms with Gasteiger partial charge >= 0.3 is 0 Å². The summed E-state index contributed by atoms with van der Waals surface area (Å²) in [4.78, 5) is 23.3. The monoisotopic (exact) mass is 349 g/mol. The summed E-state index contributed by atoms with van der Waals surface area (Å²) in [6.45, 7) is 0.522. The van der Waals surface area contributed by atoms with E-state index in [2.05, 4.69) is 15.1 Å².